The Morgan fingerprint density at radius 3 is 2.43 bits per heavy atom. The van der Waals surface area contributed by atoms with Crippen LogP contribution in [0.15, 0.2) is 42.5 Å². The molecule has 0 saturated carbocycles. The maximum Gasteiger partial charge on any atom is 0.0655 e. The van der Waals surface area contributed by atoms with Gasteiger partial charge in [-0.1, -0.05) is 64.6 Å². The fourth-order valence-electron chi connectivity index (χ4n) is 3.68. The molecule has 1 aliphatic carbocycles. The summed E-state index contributed by atoms with van der Waals surface area (Å²) in [6.07, 6.45) is 5.45. The summed E-state index contributed by atoms with van der Waals surface area (Å²) in [6.45, 7) is 0. The van der Waals surface area contributed by atoms with Crippen LogP contribution in [-0.2, 0) is 0 Å². The molecule has 1 heterocycles. The fraction of sp³-hybridized carbons (Fsp3) is 0.222. The SMILES string of the molecule is Clc1ccc([C@@H]2Nc3c(Cl)cc(Cl)cc3[C@@H]3C=CC[C@@H]32)c(Cl)c1. The summed E-state index contributed by atoms with van der Waals surface area (Å²) in [5.74, 6) is 0.676. The number of anilines is 1. The molecule has 0 bridgehead atoms. The molecule has 0 aromatic heterocycles. The van der Waals surface area contributed by atoms with E-state index in [4.69, 9.17) is 46.4 Å². The lowest BCUT2D eigenvalue weighted by molar-refractivity contribution is 0.426. The first-order chi connectivity index (χ1) is 11.0. The van der Waals surface area contributed by atoms with Gasteiger partial charge in [0.25, 0.3) is 0 Å². The molecule has 5 heteroatoms. The van der Waals surface area contributed by atoms with Crippen LogP contribution in [-0.4, -0.2) is 0 Å². The van der Waals surface area contributed by atoms with Crippen LogP contribution < -0.4 is 5.32 Å². The average molecular weight is 385 g/mol. The Kier molecular flexibility index (Phi) is 4.01. The molecule has 2 aliphatic rings. The normalized spacial score (nSPS) is 25.0. The molecule has 3 atom stereocenters. The van der Waals surface area contributed by atoms with E-state index in [1.54, 1.807) is 12.1 Å². The summed E-state index contributed by atoms with van der Waals surface area (Å²) in [5, 5.41) is 6.20. The van der Waals surface area contributed by atoms with Gasteiger partial charge in [0.15, 0.2) is 0 Å². The van der Waals surface area contributed by atoms with Crippen molar-refractivity contribution in [2.75, 3.05) is 5.32 Å². The van der Waals surface area contributed by atoms with Crippen LogP contribution in [0.1, 0.15) is 29.5 Å². The fourth-order valence-corrected chi connectivity index (χ4v) is 4.77. The number of allylic oxidation sites excluding steroid dienone is 2. The highest BCUT2D eigenvalue weighted by Crippen LogP contribution is 2.53. The molecule has 1 N–H and O–H groups in total. The van der Waals surface area contributed by atoms with Crippen molar-refractivity contribution in [2.24, 2.45) is 5.92 Å². The molecule has 23 heavy (non-hydrogen) atoms. The number of benzene rings is 2. The molecule has 2 aromatic rings. The maximum atomic E-state index is 6.45. The van der Waals surface area contributed by atoms with Crippen LogP contribution in [0, 0.1) is 5.92 Å². The van der Waals surface area contributed by atoms with Crippen LogP contribution in [0.3, 0.4) is 0 Å². The highest BCUT2D eigenvalue weighted by Gasteiger charge is 2.39. The minimum absolute atomic E-state index is 0.0888. The predicted molar refractivity (Wildman–Crippen MR) is 99.3 cm³/mol. The Morgan fingerprint density at radius 1 is 0.870 bits per heavy atom. The van der Waals surface area contributed by atoms with E-state index in [0.29, 0.717) is 31.9 Å². The first kappa shape index (κ1) is 15.7. The van der Waals surface area contributed by atoms with Gasteiger partial charge in [0, 0.05) is 21.0 Å². The molecular weight excluding hydrogens is 372 g/mol. The Morgan fingerprint density at radius 2 is 1.65 bits per heavy atom. The third-order valence-electron chi connectivity index (χ3n) is 4.68. The summed E-state index contributed by atoms with van der Waals surface area (Å²) in [6, 6.07) is 9.52. The molecule has 118 valence electrons. The molecule has 4 rings (SSSR count). The second kappa shape index (κ2) is 5.89. The van der Waals surface area contributed by atoms with Gasteiger partial charge in [0.1, 0.15) is 0 Å². The van der Waals surface area contributed by atoms with Gasteiger partial charge in [-0.15, -0.1) is 0 Å². The zero-order valence-electron chi connectivity index (χ0n) is 12.0. The standard InChI is InChI=1S/C18H13Cl4N/c19-9-4-5-13(15(21)7-9)17-12-3-1-2-11(12)14-6-10(20)8-16(22)18(14)23-17/h1-2,4-8,11-12,17,23H,3H2/t11-,12+,17-/m1/s1. The first-order valence-electron chi connectivity index (χ1n) is 7.41. The van der Waals surface area contributed by atoms with Gasteiger partial charge in [-0.25, -0.2) is 0 Å². The molecule has 0 spiro atoms. The van der Waals surface area contributed by atoms with Crippen LogP contribution >= 0.6 is 46.4 Å². The van der Waals surface area contributed by atoms with Crippen molar-refractivity contribution in [1.82, 2.24) is 0 Å². The summed E-state index contributed by atoms with van der Waals surface area (Å²) in [7, 11) is 0. The van der Waals surface area contributed by atoms with Gasteiger partial charge in [-0.05, 0) is 47.7 Å². The smallest absolute Gasteiger partial charge is 0.0655 e. The minimum atomic E-state index is 0.0888. The minimum Gasteiger partial charge on any atom is -0.376 e. The van der Waals surface area contributed by atoms with E-state index in [9.17, 15) is 0 Å². The van der Waals surface area contributed by atoms with Crippen molar-refractivity contribution in [3.63, 3.8) is 0 Å². The number of halogens is 4. The second-order valence-electron chi connectivity index (χ2n) is 5.99. The summed E-state index contributed by atoms with van der Waals surface area (Å²) in [5.41, 5.74) is 3.15. The number of hydrogen-bond acceptors (Lipinski definition) is 1. The highest BCUT2D eigenvalue weighted by molar-refractivity contribution is 6.37. The third-order valence-corrected chi connectivity index (χ3v) is 5.76. The topological polar surface area (TPSA) is 12.0 Å². The van der Waals surface area contributed by atoms with Crippen LogP contribution in [0.2, 0.25) is 20.1 Å². The quantitative estimate of drug-likeness (QED) is 0.515. The zero-order chi connectivity index (χ0) is 16.1. The number of nitrogens with one attached hydrogen (secondary N) is 1. The molecule has 0 radical (unpaired) electrons. The van der Waals surface area contributed by atoms with Gasteiger partial charge < -0.3 is 5.32 Å². The second-order valence-corrected chi connectivity index (χ2v) is 7.68. The van der Waals surface area contributed by atoms with E-state index in [-0.39, 0.29) is 6.04 Å². The average Bonchev–Trinajstić information content (AvgIpc) is 2.97. The van der Waals surface area contributed by atoms with Gasteiger partial charge in [0.2, 0.25) is 0 Å². The molecule has 0 amide bonds. The lowest BCUT2D eigenvalue weighted by Gasteiger charge is -2.38. The molecule has 2 aromatic carbocycles. The number of hydrogen-bond donors (Lipinski definition) is 1. The number of fused-ring (bicyclic) bond motifs is 3. The van der Waals surface area contributed by atoms with E-state index in [1.807, 2.05) is 18.2 Å². The van der Waals surface area contributed by atoms with Crippen molar-refractivity contribution in [2.45, 2.75) is 18.4 Å². The van der Waals surface area contributed by atoms with E-state index >= 15 is 0 Å². The van der Waals surface area contributed by atoms with Crippen molar-refractivity contribution >= 4 is 52.1 Å². The molecule has 1 aliphatic heterocycles. The monoisotopic (exact) mass is 383 g/mol. The Hall–Kier alpha value is -0.860. The molecule has 0 unspecified atom stereocenters. The number of rotatable bonds is 1. The lowest BCUT2D eigenvalue weighted by Crippen LogP contribution is -2.29. The van der Waals surface area contributed by atoms with E-state index in [0.717, 1.165) is 23.2 Å². The Balaban J connectivity index is 1.84. The van der Waals surface area contributed by atoms with Gasteiger partial charge >= 0.3 is 0 Å². The predicted octanol–water partition coefficient (Wildman–Crippen LogP) is 7.13. The highest BCUT2D eigenvalue weighted by atomic mass is 35.5. The van der Waals surface area contributed by atoms with Crippen molar-refractivity contribution in [1.29, 1.82) is 0 Å². The third kappa shape index (κ3) is 2.64. The summed E-state index contributed by atoms with van der Waals surface area (Å²) >= 11 is 25.1. The maximum absolute atomic E-state index is 6.45. The first-order valence-corrected chi connectivity index (χ1v) is 8.93. The molecule has 0 fully saturated rings. The summed E-state index contributed by atoms with van der Waals surface area (Å²) < 4.78 is 0. The van der Waals surface area contributed by atoms with Crippen LogP contribution in [0.4, 0.5) is 5.69 Å². The van der Waals surface area contributed by atoms with Crippen LogP contribution in [0.5, 0.6) is 0 Å². The molecule has 1 nitrogen and oxygen atoms in total. The Bertz CT molecular complexity index is 815. The summed E-state index contributed by atoms with van der Waals surface area (Å²) in [4.78, 5) is 0. The van der Waals surface area contributed by atoms with E-state index in [1.165, 1.54) is 0 Å². The van der Waals surface area contributed by atoms with Gasteiger partial charge in [-0.2, -0.15) is 0 Å². The van der Waals surface area contributed by atoms with Gasteiger partial charge in [0.05, 0.1) is 16.8 Å². The molecule has 0 saturated heterocycles. The van der Waals surface area contributed by atoms with Crippen LogP contribution in [0.25, 0.3) is 0 Å². The van der Waals surface area contributed by atoms with Gasteiger partial charge in [-0.3, -0.25) is 0 Å². The van der Waals surface area contributed by atoms with Crippen molar-refractivity contribution in [3.8, 4) is 0 Å². The van der Waals surface area contributed by atoms with E-state index < -0.39 is 0 Å². The zero-order valence-corrected chi connectivity index (χ0v) is 15.0. The molecular formula is C18H13Cl4N. The van der Waals surface area contributed by atoms with Crippen molar-refractivity contribution < 1.29 is 0 Å². The van der Waals surface area contributed by atoms with Crippen molar-refractivity contribution in [3.05, 3.63) is 73.7 Å². The van der Waals surface area contributed by atoms with E-state index in [2.05, 4.69) is 17.5 Å². The lowest BCUT2D eigenvalue weighted by atomic mass is 9.77. The Labute approximate surface area is 155 Å². The largest absolute Gasteiger partial charge is 0.376 e.